The van der Waals surface area contributed by atoms with Crippen LogP contribution in [-0.2, 0) is 0 Å². The van der Waals surface area contributed by atoms with Crippen LogP contribution in [0.4, 0.5) is 0 Å². The molecule has 0 spiro atoms. The zero-order chi connectivity index (χ0) is 8.81. The fourth-order valence-electron chi connectivity index (χ4n) is 0.877. The van der Waals surface area contributed by atoms with E-state index in [-0.39, 0.29) is 0 Å². The Morgan fingerprint density at radius 3 is 2.92 bits per heavy atom. The van der Waals surface area contributed by atoms with E-state index in [0.717, 1.165) is 11.1 Å². The van der Waals surface area contributed by atoms with Crippen LogP contribution in [0.3, 0.4) is 0 Å². The van der Waals surface area contributed by atoms with Gasteiger partial charge in [0.25, 0.3) is 0 Å². The number of rotatable bonds is 3. The van der Waals surface area contributed by atoms with E-state index in [2.05, 4.69) is 23.3 Å². The summed E-state index contributed by atoms with van der Waals surface area (Å²) in [5.74, 6) is 0. The molecule has 0 saturated carbocycles. The SMILES string of the molecule is C=C/C(=C\N=C)c1cccnc1. The molecule has 12 heavy (non-hydrogen) atoms. The maximum absolute atomic E-state index is 3.99. The van der Waals surface area contributed by atoms with Gasteiger partial charge >= 0.3 is 0 Å². The summed E-state index contributed by atoms with van der Waals surface area (Å²) in [6.07, 6.45) is 6.87. The topological polar surface area (TPSA) is 25.2 Å². The lowest BCUT2D eigenvalue weighted by atomic mass is 10.1. The van der Waals surface area contributed by atoms with Crippen LogP contribution in [0.15, 0.2) is 48.4 Å². The summed E-state index contributed by atoms with van der Waals surface area (Å²) >= 11 is 0. The van der Waals surface area contributed by atoms with Crippen LogP contribution in [0.25, 0.3) is 5.57 Å². The summed E-state index contributed by atoms with van der Waals surface area (Å²) in [6.45, 7) is 7.05. The van der Waals surface area contributed by atoms with Crippen molar-refractivity contribution in [1.82, 2.24) is 4.98 Å². The normalized spacial score (nSPS) is 10.8. The van der Waals surface area contributed by atoms with Gasteiger partial charge in [0.2, 0.25) is 0 Å². The fraction of sp³-hybridized carbons (Fsp3) is 0. The molecule has 1 heterocycles. The van der Waals surface area contributed by atoms with Gasteiger partial charge in [-0.25, -0.2) is 0 Å². The second-order valence-corrected chi connectivity index (χ2v) is 2.21. The van der Waals surface area contributed by atoms with Crippen molar-refractivity contribution in [3.05, 3.63) is 48.9 Å². The average molecular weight is 158 g/mol. The van der Waals surface area contributed by atoms with Crippen molar-refractivity contribution in [2.45, 2.75) is 0 Å². The van der Waals surface area contributed by atoms with Crippen molar-refractivity contribution in [3.63, 3.8) is 0 Å². The Balaban J connectivity index is 3.03. The van der Waals surface area contributed by atoms with Gasteiger partial charge in [0.05, 0.1) is 0 Å². The quantitative estimate of drug-likeness (QED) is 0.489. The summed E-state index contributed by atoms with van der Waals surface area (Å²) < 4.78 is 0. The van der Waals surface area contributed by atoms with E-state index in [9.17, 15) is 0 Å². The van der Waals surface area contributed by atoms with Crippen molar-refractivity contribution in [3.8, 4) is 0 Å². The third kappa shape index (κ3) is 1.89. The van der Waals surface area contributed by atoms with E-state index in [1.165, 1.54) is 0 Å². The molecule has 0 aliphatic rings. The maximum atomic E-state index is 3.99. The van der Waals surface area contributed by atoms with E-state index in [4.69, 9.17) is 0 Å². The van der Waals surface area contributed by atoms with Crippen molar-refractivity contribution >= 4 is 12.3 Å². The Bertz CT molecular complexity index is 299. The van der Waals surface area contributed by atoms with Gasteiger partial charge in [0, 0.05) is 29.7 Å². The highest BCUT2D eigenvalue weighted by Gasteiger charge is 1.93. The molecule has 0 aliphatic heterocycles. The van der Waals surface area contributed by atoms with Crippen LogP contribution < -0.4 is 0 Å². The Hall–Kier alpha value is -1.70. The zero-order valence-corrected chi connectivity index (χ0v) is 6.77. The molecule has 0 bridgehead atoms. The molecular weight excluding hydrogens is 148 g/mol. The first kappa shape index (κ1) is 8.40. The lowest BCUT2D eigenvalue weighted by Gasteiger charge is -1.97. The van der Waals surface area contributed by atoms with Gasteiger partial charge in [0.15, 0.2) is 0 Å². The molecule has 0 aliphatic carbocycles. The average Bonchev–Trinajstić information content (AvgIpc) is 2.15. The Labute approximate surface area is 72.0 Å². The summed E-state index contributed by atoms with van der Waals surface area (Å²) in [5.41, 5.74) is 1.93. The third-order valence-corrected chi connectivity index (χ3v) is 1.45. The van der Waals surface area contributed by atoms with Crippen LogP contribution in [-0.4, -0.2) is 11.7 Å². The second kappa shape index (κ2) is 4.23. The number of hydrogen-bond acceptors (Lipinski definition) is 2. The van der Waals surface area contributed by atoms with E-state index in [1.807, 2.05) is 12.1 Å². The smallest absolute Gasteiger partial charge is 0.0346 e. The number of aliphatic imine (C=N–C) groups is 1. The standard InChI is InChI=1S/C10H10N2/c1-3-9(7-11-2)10-5-4-6-12-8-10/h3-8H,1-2H2/b9-7+. The Kier molecular flexibility index (Phi) is 2.96. The van der Waals surface area contributed by atoms with Gasteiger partial charge in [-0.2, -0.15) is 0 Å². The third-order valence-electron chi connectivity index (χ3n) is 1.45. The van der Waals surface area contributed by atoms with Crippen LogP contribution in [0, 0.1) is 0 Å². The lowest BCUT2D eigenvalue weighted by molar-refractivity contribution is 1.31. The van der Waals surface area contributed by atoms with Gasteiger partial charge < -0.3 is 0 Å². The predicted octanol–water partition coefficient (Wildman–Crippen LogP) is 2.31. The molecule has 0 amide bonds. The van der Waals surface area contributed by atoms with Gasteiger partial charge in [-0.05, 0) is 12.8 Å². The molecule has 1 rings (SSSR count). The molecule has 0 N–H and O–H groups in total. The first-order valence-electron chi connectivity index (χ1n) is 3.57. The molecule has 0 fully saturated rings. The van der Waals surface area contributed by atoms with Crippen molar-refractivity contribution in [2.24, 2.45) is 4.99 Å². The molecule has 0 saturated heterocycles. The molecule has 60 valence electrons. The highest BCUT2D eigenvalue weighted by Crippen LogP contribution is 2.12. The molecule has 0 radical (unpaired) electrons. The summed E-state index contributed by atoms with van der Waals surface area (Å²) in [4.78, 5) is 7.66. The van der Waals surface area contributed by atoms with Gasteiger partial charge in [0.1, 0.15) is 0 Å². The van der Waals surface area contributed by atoms with Crippen LogP contribution in [0.5, 0.6) is 0 Å². The lowest BCUT2D eigenvalue weighted by Crippen LogP contribution is -1.80. The van der Waals surface area contributed by atoms with Gasteiger partial charge in [-0.15, -0.1) is 0 Å². The molecule has 1 aromatic heterocycles. The number of hydrogen-bond donors (Lipinski definition) is 0. The Morgan fingerprint density at radius 2 is 2.42 bits per heavy atom. The molecule has 0 atom stereocenters. The fourth-order valence-corrected chi connectivity index (χ4v) is 0.877. The van der Waals surface area contributed by atoms with Gasteiger partial charge in [-0.1, -0.05) is 18.7 Å². The molecule has 0 aromatic carbocycles. The Morgan fingerprint density at radius 1 is 1.58 bits per heavy atom. The van der Waals surface area contributed by atoms with Crippen molar-refractivity contribution in [1.29, 1.82) is 0 Å². The van der Waals surface area contributed by atoms with Crippen LogP contribution in [0.1, 0.15) is 5.56 Å². The highest BCUT2D eigenvalue weighted by molar-refractivity contribution is 5.72. The van der Waals surface area contributed by atoms with Crippen LogP contribution in [0.2, 0.25) is 0 Å². The molecule has 0 unspecified atom stereocenters. The summed E-state index contributed by atoms with van der Waals surface area (Å²) in [6, 6.07) is 3.82. The molecule has 1 aromatic rings. The number of allylic oxidation sites excluding steroid dienone is 2. The van der Waals surface area contributed by atoms with E-state index in [0.29, 0.717) is 0 Å². The monoisotopic (exact) mass is 158 g/mol. The summed E-state index contributed by atoms with van der Waals surface area (Å²) in [5, 5.41) is 0. The summed E-state index contributed by atoms with van der Waals surface area (Å²) in [7, 11) is 0. The zero-order valence-electron chi connectivity index (χ0n) is 6.77. The minimum absolute atomic E-state index is 0.929. The maximum Gasteiger partial charge on any atom is 0.0346 e. The second-order valence-electron chi connectivity index (χ2n) is 2.21. The van der Waals surface area contributed by atoms with E-state index < -0.39 is 0 Å². The largest absolute Gasteiger partial charge is 0.272 e. The first-order valence-corrected chi connectivity index (χ1v) is 3.57. The number of pyridine rings is 1. The molecule has 2 nitrogen and oxygen atoms in total. The molecular formula is C10H10N2. The van der Waals surface area contributed by atoms with Crippen molar-refractivity contribution in [2.75, 3.05) is 0 Å². The number of nitrogens with zero attached hydrogens (tertiary/aromatic N) is 2. The van der Waals surface area contributed by atoms with E-state index in [1.54, 1.807) is 24.7 Å². The minimum Gasteiger partial charge on any atom is -0.272 e. The van der Waals surface area contributed by atoms with Crippen LogP contribution >= 0.6 is 0 Å². The molecule has 2 heteroatoms. The number of aromatic nitrogens is 1. The highest BCUT2D eigenvalue weighted by atomic mass is 14.6. The van der Waals surface area contributed by atoms with Crippen molar-refractivity contribution < 1.29 is 0 Å². The minimum atomic E-state index is 0.929. The first-order chi connectivity index (χ1) is 5.88. The van der Waals surface area contributed by atoms with Gasteiger partial charge in [-0.3, -0.25) is 9.98 Å². The predicted molar refractivity (Wildman–Crippen MR) is 52.0 cm³/mol. The van der Waals surface area contributed by atoms with E-state index >= 15 is 0 Å².